The summed E-state index contributed by atoms with van der Waals surface area (Å²) >= 11 is 0.979. The van der Waals surface area contributed by atoms with Gasteiger partial charge in [-0.15, -0.1) is 11.3 Å². The predicted molar refractivity (Wildman–Crippen MR) is 105 cm³/mol. The number of amides is 1. The Labute approximate surface area is 165 Å². The number of fused-ring (bicyclic) bond motifs is 1. The molecule has 8 nitrogen and oxygen atoms in total. The number of thiophene rings is 1. The molecular formula is C19H19N3O5S. The van der Waals surface area contributed by atoms with E-state index in [4.69, 9.17) is 9.47 Å². The average Bonchev–Trinajstić information content (AvgIpc) is 3.17. The molecule has 0 aliphatic carbocycles. The lowest BCUT2D eigenvalue weighted by Crippen LogP contribution is -2.20. The van der Waals surface area contributed by atoms with Crippen LogP contribution in [-0.2, 0) is 20.8 Å². The van der Waals surface area contributed by atoms with E-state index in [0.29, 0.717) is 11.4 Å². The van der Waals surface area contributed by atoms with Crippen molar-refractivity contribution < 1.29 is 23.9 Å². The fraction of sp³-hybridized carbons (Fsp3) is 0.263. The van der Waals surface area contributed by atoms with Crippen LogP contribution >= 0.6 is 11.3 Å². The molecule has 0 saturated carbocycles. The van der Waals surface area contributed by atoms with Crippen molar-refractivity contribution in [3.05, 3.63) is 46.1 Å². The Morgan fingerprint density at radius 1 is 1.11 bits per heavy atom. The molecule has 0 radical (unpaired) electrons. The largest absolute Gasteiger partial charge is 0.465 e. The fourth-order valence-electron chi connectivity index (χ4n) is 2.94. The Kier molecular flexibility index (Phi) is 5.46. The number of para-hydroxylation sites is 2. The van der Waals surface area contributed by atoms with E-state index in [1.165, 1.54) is 14.2 Å². The Morgan fingerprint density at radius 3 is 2.46 bits per heavy atom. The number of benzene rings is 1. The number of ether oxygens (including phenoxy) is 2. The zero-order valence-electron chi connectivity index (χ0n) is 15.9. The average molecular weight is 401 g/mol. The summed E-state index contributed by atoms with van der Waals surface area (Å²) in [5.74, 6) is -0.871. The van der Waals surface area contributed by atoms with Gasteiger partial charge in [-0.1, -0.05) is 12.1 Å². The van der Waals surface area contributed by atoms with E-state index in [2.05, 4.69) is 10.3 Å². The molecule has 9 heteroatoms. The summed E-state index contributed by atoms with van der Waals surface area (Å²) in [6.07, 6.45) is 0. The third kappa shape index (κ3) is 3.48. The van der Waals surface area contributed by atoms with Crippen molar-refractivity contribution in [1.82, 2.24) is 9.55 Å². The van der Waals surface area contributed by atoms with Gasteiger partial charge in [-0.3, -0.25) is 4.79 Å². The van der Waals surface area contributed by atoms with Gasteiger partial charge in [-0.05, 0) is 31.5 Å². The molecule has 0 aliphatic heterocycles. The molecule has 1 amide bonds. The maximum absolute atomic E-state index is 12.7. The number of nitrogens with one attached hydrogen (secondary N) is 1. The summed E-state index contributed by atoms with van der Waals surface area (Å²) in [4.78, 5) is 41.5. The molecule has 1 N–H and O–H groups in total. The topological polar surface area (TPSA) is 99.5 Å². The molecule has 0 fully saturated rings. The van der Waals surface area contributed by atoms with Crippen LogP contribution in [0, 0.1) is 13.8 Å². The highest BCUT2D eigenvalue weighted by atomic mass is 32.1. The number of anilines is 1. The van der Waals surface area contributed by atoms with Crippen LogP contribution in [0.5, 0.6) is 0 Å². The van der Waals surface area contributed by atoms with Gasteiger partial charge in [0, 0.05) is 0 Å². The van der Waals surface area contributed by atoms with Gasteiger partial charge >= 0.3 is 11.9 Å². The monoisotopic (exact) mass is 401 g/mol. The van der Waals surface area contributed by atoms with Crippen LogP contribution in [0.1, 0.15) is 31.4 Å². The second-order valence-corrected chi connectivity index (χ2v) is 7.05. The number of esters is 2. The SMILES string of the molecule is COC(=O)c1sc(NC(=O)Cn2c(C)nc3ccccc32)c(C(=O)OC)c1C. The summed E-state index contributed by atoms with van der Waals surface area (Å²) in [5.41, 5.74) is 2.18. The van der Waals surface area contributed by atoms with E-state index < -0.39 is 11.9 Å². The molecule has 146 valence electrons. The number of aromatic nitrogens is 2. The first-order valence-corrected chi connectivity index (χ1v) is 9.20. The van der Waals surface area contributed by atoms with E-state index in [-0.39, 0.29) is 27.9 Å². The van der Waals surface area contributed by atoms with Crippen molar-refractivity contribution in [1.29, 1.82) is 0 Å². The van der Waals surface area contributed by atoms with E-state index in [0.717, 1.165) is 22.4 Å². The van der Waals surface area contributed by atoms with Gasteiger partial charge in [-0.2, -0.15) is 0 Å². The van der Waals surface area contributed by atoms with Gasteiger partial charge < -0.3 is 19.4 Å². The number of imidazole rings is 1. The zero-order chi connectivity index (χ0) is 20.4. The Balaban J connectivity index is 1.92. The van der Waals surface area contributed by atoms with Crippen molar-refractivity contribution in [2.45, 2.75) is 20.4 Å². The molecule has 0 bridgehead atoms. The maximum atomic E-state index is 12.7. The lowest BCUT2D eigenvalue weighted by atomic mass is 10.1. The summed E-state index contributed by atoms with van der Waals surface area (Å²) in [6.45, 7) is 3.44. The minimum Gasteiger partial charge on any atom is -0.465 e. The van der Waals surface area contributed by atoms with Crippen LogP contribution in [0.15, 0.2) is 24.3 Å². The van der Waals surface area contributed by atoms with Crippen molar-refractivity contribution in [2.24, 2.45) is 0 Å². The minimum atomic E-state index is -0.636. The first-order valence-electron chi connectivity index (χ1n) is 8.39. The highest BCUT2D eigenvalue weighted by Gasteiger charge is 2.27. The van der Waals surface area contributed by atoms with Crippen LogP contribution in [0.2, 0.25) is 0 Å². The molecule has 3 aromatic rings. The van der Waals surface area contributed by atoms with Crippen LogP contribution < -0.4 is 5.32 Å². The second kappa shape index (κ2) is 7.81. The van der Waals surface area contributed by atoms with Gasteiger partial charge in [0.05, 0.1) is 30.8 Å². The zero-order valence-corrected chi connectivity index (χ0v) is 16.7. The maximum Gasteiger partial charge on any atom is 0.348 e. The van der Waals surface area contributed by atoms with Crippen LogP contribution in [0.25, 0.3) is 11.0 Å². The standard InChI is InChI=1S/C19H19N3O5S/c1-10-15(18(24)26-3)17(28-16(10)19(25)27-4)21-14(23)9-22-11(2)20-12-7-5-6-8-13(12)22/h5-8H,9H2,1-4H3,(H,21,23). The van der Waals surface area contributed by atoms with Gasteiger partial charge in [-0.25, -0.2) is 14.6 Å². The number of hydrogen-bond donors (Lipinski definition) is 1. The molecule has 0 unspecified atom stereocenters. The van der Waals surface area contributed by atoms with Gasteiger partial charge in [0.2, 0.25) is 5.91 Å². The number of carbonyl (C=O) groups excluding carboxylic acids is 3. The van der Waals surface area contributed by atoms with E-state index >= 15 is 0 Å². The number of hydrogen-bond acceptors (Lipinski definition) is 7. The van der Waals surface area contributed by atoms with E-state index in [1.807, 2.05) is 31.2 Å². The normalized spacial score (nSPS) is 10.7. The number of carbonyl (C=O) groups is 3. The third-order valence-electron chi connectivity index (χ3n) is 4.31. The van der Waals surface area contributed by atoms with Crippen molar-refractivity contribution >= 4 is 45.2 Å². The summed E-state index contributed by atoms with van der Waals surface area (Å²) < 4.78 is 11.3. The number of rotatable bonds is 5. The highest BCUT2D eigenvalue weighted by Crippen LogP contribution is 2.34. The van der Waals surface area contributed by atoms with Crippen LogP contribution in [0.4, 0.5) is 5.00 Å². The van der Waals surface area contributed by atoms with Crippen LogP contribution in [-0.4, -0.2) is 41.6 Å². The molecule has 0 atom stereocenters. The molecule has 0 spiro atoms. The quantitative estimate of drug-likeness (QED) is 0.660. The Morgan fingerprint density at radius 2 is 1.79 bits per heavy atom. The third-order valence-corrected chi connectivity index (χ3v) is 5.49. The summed E-state index contributed by atoms with van der Waals surface area (Å²) in [5, 5.41) is 2.97. The van der Waals surface area contributed by atoms with Gasteiger partial charge in [0.15, 0.2) is 0 Å². The Bertz CT molecular complexity index is 1080. The van der Waals surface area contributed by atoms with Crippen molar-refractivity contribution in [3.8, 4) is 0 Å². The fourth-order valence-corrected chi connectivity index (χ4v) is 4.07. The van der Waals surface area contributed by atoms with Crippen molar-refractivity contribution in [3.63, 3.8) is 0 Å². The first kappa shape index (κ1) is 19.6. The molecule has 0 saturated heterocycles. The van der Waals surface area contributed by atoms with Gasteiger partial charge in [0.1, 0.15) is 22.2 Å². The van der Waals surface area contributed by atoms with Gasteiger partial charge in [0.25, 0.3) is 0 Å². The summed E-state index contributed by atoms with van der Waals surface area (Å²) in [7, 11) is 2.49. The minimum absolute atomic E-state index is 0.0114. The second-order valence-electron chi connectivity index (χ2n) is 6.03. The summed E-state index contributed by atoms with van der Waals surface area (Å²) in [6, 6.07) is 7.51. The molecule has 2 heterocycles. The van der Waals surface area contributed by atoms with E-state index in [9.17, 15) is 14.4 Å². The lowest BCUT2D eigenvalue weighted by Gasteiger charge is -2.08. The smallest absolute Gasteiger partial charge is 0.348 e. The Hall–Kier alpha value is -3.20. The molecular weight excluding hydrogens is 382 g/mol. The molecule has 0 aliphatic rings. The lowest BCUT2D eigenvalue weighted by molar-refractivity contribution is -0.116. The predicted octanol–water partition coefficient (Wildman–Crippen LogP) is 2.93. The molecule has 2 aromatic heterocycles. The van der Waals surface area contributed by atoms with Crippen molar-refractivity contribution in [2.75, 3.05) is 19.5 Å². The molecule has 1 aromatic carbocycles. The highest BCUT2D eigenvalue weighted by molar-refractivity contribution is 7.18. The first-order chi connectivity index (χ1) is 13.4. The van der Waals surface area contributed by atoms with Crippen LogP contribution in [0.3, 0.4) is 0 Å². The molecule has 3 rings (SSSR count). The van der Waals surface area contributed by atoms with E-state index in [1.54, 1.807) is 11.5 Å². The number of nitrogens with zero attached hydrogens (tertiary/aromatic N) is 2. The molecule has 28 heavy (non-hydrogen) atoms. The number of aryl methyl sites for hydroxylation is 1. The number of methoxy groups -OCH3 is 2.